The van der Waals surface area contributed by atoms with E-state index in [1.54, 1.807) is 18.2 Å². The summed E-state index contributed by atoms with van der Waals surface area (Å²) in [5, 5.41) is 0. The second kappa shape index (κ2) is 3.71. The molecule has 2 N–H and O–H groups in total. The SMILES string of the molecule is O=P(O)(O)Cc1[c]ccc(Br)c1. The summed E-state index contributed by atoms with van der Waals surface area (Å²) in [5.41, 5.74) is 0.512. The molecule has 0 spiro atoms. The van der Waals surface area contributed by atoms with Gasteiger partial charge in [-0.2, -0.15) is 0 Å². The number of halogens is 1. The minimum Gasteiger partial charge on any atom is -0.324 e. The van der Waals surface area contributed by atoms with Gasteiger partial charge in [-0.15, -0.1) is 0 Å². The lowest BCUT2D eigenvalue weighted by atomic mass is 10.2. The Bertz CT molecular complexity index is 320. The fraction of sp³-hybridized carbons (Fsp3) is 0.143. The Kier molecular flexibility index (Phi) is 3.07. The van der Waals surface area contributed by atoms with Crippen LogP contribution in [0.2, 0.25) is 0 Å². The summed E-state index contributed by atoms with van der Waals surface area (Å²) in [6.45, 7) is 0. The summed E-state index contributed by atoms with van der Waals surface area (Å²) in [7, 11) is -3.96. The van der Waals surface area contributed by atoms with Crippen LogP contribution >= 0.6 is 23.5 Å². The number of hydrogen-bond acceptors (Lipinski definition) is 1. The maximum atomic E-state index is 10.6. The third-order valence-electron chi connectivity index (χ3n) is 1.20. The first kappa shape index (κ1) is 9.93. The number of benzene rings is 1. The number of rotatable bonds is 2. The maximum Gasteiger partial charge on any atom is 0.329 e. The van der Waals surface area contributed by atoms with Gasteiger partial charge in [-0.3, -0.25) is 4.57 Å². The molecule has 0 aliphatic carbocycles. The van der Waals surface area contributed by atoms with E-state index >= 15 is 0 Å². The van der Waals surface area contributed by atoms with Crippen LogP contribution in [0.1, 0.15) is 5.56 Å². The normalized spacial score (nSPS) is 11.6. The standard InChI is InChI=1S/C7H7BrO3P/c8-7-3-1-2-6(4-7)5-12(9,10)11/h1,3-4H,5H2,(H2,9,10,11). The summed E-state index contributed by atoms with van der Waals surface area (Å²) >= 11 is 3.20. The first-order valence-electron chi connectivity index (χ1n) is 3.18. The van der Waals surface area contributed by atoms with Gasteiger partial charge in [0.2, 0.25) is 0 Å². The fourth-order valence-corrected chi connectivity index (χ4v) is 1.83. The lowest BCUT2D eigenvalue weighted by Crippen LogP contribution is -1.86. The van der Waals surface area contributed by atoms with Crippen molar-refractivity contribution in [3.05, 3.63) is 34.3 Å². The van der Waals surface area contributed by atoms with Crippen molar-refractivity contribution in [1.82, 2.24) is 0 Å². The Morgan fingerprint density at radius 2 is 2.25 bits per heavy atom. The summed E-state index contributed by atoms with van der Waals surface area (Å²) < 4.78 is 11.4. The quantitative estimate of drug-likeness (QED) is 0.788. The summed E-state index contributed by atoms with van der Waals surface area (Å²) in [4.78, 5) is 17.3. The van der Waals surface area contributed by atoms with E-state index in [0.717, 1.165) is 4.47 Å². The lowest BCUT2D eigenvalue weighted by molar-refractivity contribution is 0.371. The summed E-state index contributed by atoms with van der Waals surface area (Å²) in [6.07, 6.45) is -0.258. The van der Waals surface area contributed by atoms with Crippen molar-refractivity contribution >= 4 is 23.5 Å². The van der Waals surface area contributed by atoms with E-state index in [2.05, 4.69) is 22.0 Å². The molecule has 0 bridgehead atoms. The molecule has 1 aromatic rings. The van der Waals surface area contributed by atoms with Gasteiger partial charge in [0, 0.05) is 4.47 Å². The van der Waals surface area contributed by atoms with E-state index in [9.17, 15) is 4.57 Å². The second-order valence-electron chi connectivity index (χ2n) is 2.35. The molecule has 0 saturated heterocycles. The van der Waals surface area contributed by atoms with Crippen molar-refractivity contribution < 1.29 is 14.4 Å². The van der Waals surface area contributed by atoms with Gasteiger partial charge in [0.15, 0.2) is 0 Å². The van der Waals surface area contributed by atoms with Crippen LogP contribution in [-0.4, -0.2) is 9.79 Å². The molecule has 0 aliphatic rings. The average molecular weight is 250 g/mol. The topological polar surface area (TPSA) is 57.5 Å². The maximum absolute atomic E-state index is 10.6. The third-order valence-corrected chi connectivity index (χ3v) is 2.45. The van der Waals surface area contributed by atoms with Crippen molar-refractivity contribution in [2.45, 2.75) is 6.16 Å². The van der Waals surface area contributed by atoms with E-state index in [1.807, 2.05) is 0 Å². The van der Waals surface area contributed by atoms with Crippen LogP contribution in [-0.2, 0) is 10.7 Å². The Labute approximate surface area is 78.7 Å². The molecule has 0 atom stereocenters. The Morgan fingerprint density at radius 3 is 2.75 bits per heavy atom. The van der Waals surface area contributed by atoms with Crippen molar-refractivity contribution in [2.75, 3.05) is 0 Å². The van der Waals surface area contributed by atoms with Gasteiger partial charge >= 0.3 is 7.60 Å². The Balaban J connectivity index is 2.84. The lowest BCUT2D eigenvalue weighted by Gasteiger charge is -2.02. The van der Waals surface area contributed by atoms with Gasteiger partial charge < -0.3 is 9.79 Å². The zero-order valence-electron chi connectivity index (χ0n) is 6.07. The molecule has 0 aliphatic heterocycles. The molecule has 0 heterocycles. The molecule has 0 fully saturated rings. The highest BCUT2D eigenvalue weighted by Crippen LogP contribution is 2.39. The predicted octanol–water partition coefficient (Wildman–Crippen LogP) is 1.93. The highest BCUT2D eigenvalue weighted by molar-refractivity contribution is 9.10. The molecule has 1 rings (SSSR count). The fourth-order valence-electron chi connectivity index (χ4n) is 0.798. The molecule has 1 radical (unpaired) electrons. The van der Waals surface area contributed by atoms with E-state index < -0.39 is 7.60 Å². The number of hydrogen-bond donors (Lipinski definition) is 2. The molecule has 12 heavy (non-hydrogen) atoms. The van der Waals surface area contributed by atoms with Crippen molar-refractivity contribution in [3.8, 4) is 0 Å². The van der Waals surface area contributed by atoms with Crippen LogP contribution in [0.15, 0.2) is 22.7 Å². The van der Waals surface area contributed by atoms with E-state index in [-0.39, 0.29) is 6.16 Å². The molecule has 3 nitrogen and oxygen atoms in total. The minimum atomic E-state index is -3.96. The van der Waals surface area contributed by atoms with Gasteiger partial charge in [0.1, 0.15) is 0 Å². The highest BCUT2D eigenvalue weighted by Gasteiger charge is 2.13. The van der Waals surface area contributed by atoms with Crippen LogP contribution in [0.25, 0.3) is 0 Å². The van der Waals surface area contributed by atoms with Crippen LogP contribution in [0.5, 0.6) is 0 Å². The average Bonchev–Trinajstić information content (AvgIpc) is 1.82. The van der Waals surface area contributed by atoms with Crippen molar-refractivity contribution in [3.63, 3.8) is 0 Å². The first-order valence-corrected chi connectivity index (χ1v) is 5.77. The second-order valence-corrected chi connectivity index (χ2v) is 4.92. The van der Waals surface area contributed by atoms with Crippen LogP contribution in [0.4, 0.5) is 0 Å². The largest absolute Gasteiger partial charge is 0.329 e. The van der Waals surface area contributed by atoms with Crippen LogP contribution < -0.4 is 0 Å². The van der Waals surface area contributed by atoms with Crippen molar-refractivity contribution in [1.29, 1.82) is 0 Å². The zero-order valence-corrected chi connectivity index (χ0v) is 8.55. The smallest absolute Gasteiger partial charge is 0.324 e. The zero-order chi connectivity index (χ0) is 9.19. The van der Waals surface area contributed by atoms with E-state index in [0.29, 0.717) is 5.56 Å². The molecule has 65 valence electrons. The highest BCUT2D eigenvalue weighted by atomic mass is 79.9. The minimum absolute atomic E-state index is 0.258. The predicted molar refractivity (Wildman–Crippen MR) is 48.7 cm³/mol. The summed E-state index contributed by atoms with van der Waals surface area (Å²) in [5.74, 6) is 0. The Morgan fingerprint density at radius 1 is 1.58 bits per heavy atom. The molecule has 1 aromatic carbocycles. The van der Waals surface area contributed by atoms with Crippen LogP contribution in [0.3, 0.4) is 0 Å². The summed E-state index contributed by atoms with van der Waals surface area (Å²) in [6, 6.07) is 7.75. The molecular weight excluding hydrogens is 243 g/mol. The third kappa shape index (κ3) is 3.50. The van der Waals surface area contributed by atoms with Gasteiger partial charge in [0.05, 0.1) is 6.16 Å². The molecule has 5 heteroatoms. The first-order chi connectivity index (χ1) is 5.47. The van der Waals surface area contributed by atoms with Gasteiger partial charge in [0.25, 0.3) is 0 Å². The van der Waals surface area contributed by atoms with Crippen molar-refractivity contribution in [2.24, 2.45) is 0 Å². The van der Waals surface area contributed by atoms with Crippen LogP contribution in [0, 0.1) is 6.07 Å². The monoisotopic (exact) mass is 249 g/mol. The molecule has 0 unspecified atom stereocenters. The van der Waals surface area contributed by atoms with E-state index in [4.69, 9.17) is 9.79 Å². The van der Waals surface area contributed by atoms with E-state index in [1.165, 1.54) is 0 Å². The molecular formula is C7H7BrO3P. The Hall–Kier alpha value is -0.150. The van der Waals surface area contributed by atoms with Gasteiger partial charge in [-0.25, -0.2) is 0 Å². The molecule has 0 saturated carbocycles. The molecule has 0 amide bonds. The van der Waals surface area contributed by atoms with Gasteiger partial charge in [-0.1, -0.05) is 22.0 Å². The molecule has 0 aromatic heterocycles. The van der Waals surface area contributed by atoms with Gasteiger partial charge in [-0.05, 0) is 23.8 Å².